The lowest BCUT2D eigenvalue weighted by Crippen LogP contribution is -2.23. The predicted octanol–water partition coefficient (Wildman–Crippen LogP) is 4.30. The number of rotatable bonds is 10. The third-order valence-electron chi connectivity index (χ3n) is 4.21. The van der Waals surface area contributed by atoms with Crippen molar-refractivity contribution in [3.05, 3.63) is 35.7 Å². The second-order valence-corrected chi connectivity index (χ2v) is 6.08. The van der Waals surface area contributed by atoms with Gasteiger partial charge in [0.05, 0.1) is 24.6 Å². The Morgan fingerprint density at radius 1 is 1.15 bits per heavy atom. The molecule has 1 aromatic heterocycles. The number of anilines is 1. The van der Waals surface area contributed by atoms with Gasteiger partial charge < -0.3 is 25.0 Å². The summed E-state index contributed by atoms with van der Waals surface area (Å²) in [5, 5.41) is 7.23. The Balaban J connectivity index is 2.07. The van der Waals surface area contributed by atoms with Gasteiger partial charge in [-0.2, -0.15) is 0 Å². The predicted molar refractivity (Wildman–Crippen MR) is 108 cm³/mol. The molecule has 7 nitrogen and oxygen atoms in total. The van der Waals surface area contributed by atoms with E-state index in [1.54, 1.807) is 0 Å². The number of guanidine groups is 1. The fourth-order valence-corrected chi connectivity index (χ4v) is 2.79. The minimum absolute atomic E-state index is 0.269. The third kappa shape index (κ3) is 5.91. The zero-order chi connectivity index (χ0) is 19.6. The van der Waals surface area contributed by atoms with Gasteiger partial charge in [0, 0.05) is 18.1 Å². The van der Waals surface area contributed by atoms with Crippen molar-refractivity contribution < 1.29 is 14.0 Å². The lowest BCUT2D eigenvalue weighted by atomic mass is 9.99. The molecule has 2 aromatic rings. The minimum Gasteiger partial charge on any atom is -0.494 e. The van der Waals surface area contributed by atoms with Crippen molar-refractivity contribution >= 4 is 11.6 Å². The molecule has 27 heavy (non-hydrogen) atoms. The highest BCUT2D eigenvalue weighted by atomic mass is 16.5. The van der Waals surface area contributed by atoms with Crippen LogP contribution in [0.4, 0.5) is 5.69 Å². The molecule has 7 heteroatoms. The molecule has 2 rings (SSSR count). The first-order valence-corrected chi connectivity index (χ1v) is 9.53. The number of nitrogens with zero attached hydrogens (tertiary/aromatic N) is 2. The van der Waals surface area contributed by atoms with Crippen LogP contribution < -0.4 is 20.5 Å². The molecule has 148 valence electrons. The van der Waals surface area contributed by atoms with Gasteiger partial charge in [-0.25, -0.2) is 4.99 Å². The van der Waals surface area contributed by atoms with E-state index in [1.165, 1.54) is 0 Å². The van der Waals surface area contributed by atoms with Gasteiger partial charge in [0.15, 0.2) is 11.7 Å². The number of aliphatic imine (C=N–C) groups is 1. The van der Waals surface area contributed by atoms with E-state index in [1.807, 2.05) is 38.1 Å². The van der Waals surface area contributed by atoms with Crippen molar-refractivity contribution in [1.29, 1.82) is 0 Å². The number of hydrogen-bond donors (Lipinski definition) is 2. The summed E-state index contributed by atoms with van der Waals surface area (Å²) in [5.41, 5.74) is 7.72. The Kier molecular flexibility index (Phi) is 7.98. The maximum absolute atomic E-state index is 6.04. The molecule has 0 aliphatic heterocycles. The smallest absolute Gasteiger partial charge is 0.193 e. The quantitative estimate of drug-likeness (QED) is 0.475. The Morgan fingerprint density at radius 2 is 1.89 bits per heavy atom. The minimum atomic E-state index is 0.269. The molecule has 0 radical (unpaired) electrons. The van der Waals surface area contributed by atoms with Gasteiger partial charge >= 0.3 is 0 Å². The van der Waals surface area contributed by atoms with Crippen LogP contribution in [0.3, 0.4) is 0 Å². The SMILES string of the molecule is CCOc1ccc(OCC)c(NC(N)=NCc2cc(C(CC)CC)no2)c1. The molecule has 0 saturated heterocycles. The van der Waals surface area contributed by atoms with E-state index in [0.29, 0.717) is 42.9 Å². The lowest BCUT2D eigenvalue weighted by Gasteiger charge is -2.13. The highest BCUT2D eigenvalue weighted by molar-refractivity contribution is 5.93. The van der Waals surface area contributed by atoms with E-state index in [4.69, 9.17) is 19.7 Å². The van der Waals surface area contributed by atoms with Crippen LogP contribution in [0.15, 0.2) is 33.8 Å². The topological polar surface area (TPSA) is 94.9 Å². The van der Waals surface area contributed by atoms with Gasteiger partial charge in [0.2, 0.25) is 0 Å². The largest absolute Gasteiger partial charge is 0.494 e. The molecule has 0 spiro atoms. The third-order valence-corrected chi connectivity index (χ3v) is 4.21. The van der Waals surface area contributed by atoms with Crippen LogP contribution >= 0.6 is 0 Å². The van der Waals surface area contributed by atoms with Crippen LogP contribution in [0.5, 0.6) is 11.5 Å². The first-order valence-electron chi connectivity index (χ1n) is 9.53. The number of benzene rings is 1. The van der Waals surface area contributed by atoms with Crippen molar-refractivity contribution in [2.75, 3.05) is 18.5 Å². The summed E-state index contributed by atoms with van der Waals surface area (Å²) >= 11 is 0. The molecule has 3 N–H and O–H groups in total. The maximum atomic E-state index is 6.04. The van der Waals surface area contributed by atoms with Crippen LogP contribution in [0.25, 0.3) is 0 Å². The molecular formula is C20H30N4O3. The second-order valence-electron chi connectivity index (χ2n) is 6.08. The maximum Gasteiger partial charge on any atom is 0.193 e. The summed E-state index contributed by atoms with van der Waals surface area (Å²) in [6, 6.07) is 7.51. The van der Waals surface area contributed by atoms with Gasteiger partial charge in [0.25, 0.3) is 0 Å². The number of nitrogens with one attached hydrogen (secondary N) is 1. The lowest BCUT2D eigenvalue weighted by molar-refractivity contribution is 0.332. The number of aromatic nitrogens is 1. The molecule has 0 amide bonds. The van der Waals surface area contributed by atoms with Crippen molar-refractivity contribution in [3.8, 4) is 11.5 Å². The van der Waals surface area contributed by atoms with Crippen molar-refractivity contribution in [2.45, 2.75) is 53.0 Å². The normalized spacial score (nSPS) is 11.7. The van der Waals surface area contributed by atoms with Crippen molar-refractivity contribution in [3.63, 3.8) is 0 Å². The van der Waals surface area contributed by atoms with Crippen molar-refractivity contribution in [2.24, 2.45) is 10.7 Å². The Morgan fingerprint density at radius 3 is 2.56 bits per heavy atom. The van der Waals surface area contributed by atoms with Crippen molar-refractivity contribution in [1.82, 2.24) is 5.16 Å². The number of hydrogen-bond acceptors (Lipinski definition) is 5. The first-order chi connectivity index (χ1) is 13.1. The number of ether oxygens (including phenoxy) is 2. The molecular weight excluding hydrogens is 344 g/mol. The monoisotopic (exact) mass is 374 g/mol. The molecule has 0 saturated carbocycles. The summed E-state index contributed by atoms with van der Waals surface area (Å²) < 4.78 is 16.5. The Labute approximate surface area is 160 Å². The second kappa shape index (κ2) is 10.4. The molecule has 0 aliphatic rings. The van der Waals surface area contributed by atoms with E-state index in [2.05, 4.69) is 29.3 Å². The number of nitrogens with two attached hydrogens (primary N) is 1. The average molecular weight is 374 g/mol. The van der Waals surface area contributed by atoms with E-state index < -0.39 is 0 Å². The first kappa shape index (κ1) is 20.6. The van der Waals surface area contributed by atoms with E-state index >= 15 is 0 Å². The highest BCUT2D eigenvalue weighted by Gasteiger charge is 2.13. The molecule has 0 bridgehead atoms. The standard InChI is InChI=1S/C20H30N4O3/c1-5-14(6-2)17-12-16(27-24-17)13-22-20(21)23-18-11-15(25-7-3)9-10-19(18)26-8-4/h9-12,14H,5-8,13H2,1-4H3,(H3,21,22,23). The fourth-order valence-electron chi connectivity index (χ4n) is 2.79. The molecule has 0 unspecified atom stereocenters. The van der Waals surface area contributed by atoms with Gasteiger partial charge in [-0.1, -0.05) is 19.0 Å². The average Bonchev–Trinajstić information content (AvgIpc) is 3.12. The zero-order valence-corrected chi connectivity index (χ0v) is 16.6. The van der Waals surface area contributed by atoms with Crippen LogP contribution in [-0.2, 0) is 6.54 Å². The summed E-state index contributed by atoms with van der Waals surface area (Å²) in [5.74, 6) is 2.80. The van der Waals surface area contributed by atoms with Crippen LogP contribution in [0, 0.1) is 0 Å². The van der Waals surface area contributed by atoms with E-state index in [9.17, 15) is 0 Å². The van der Waals surface area contributed by atoms with E-state index in [0.717, 1.165) is 24.3 Å². The van der Waals surface area contributed by atoms with Crippen LogP contribution in [0.2, 0.25) is 0 Å². The summed E-state index contributed by atoms with van der Waals surface area (Å²) in [4.78, 5) is 4.34. The van der Waals surface area contributed by atoms with Crippen LogP contribution in [0.1, 0.15) is 57.9 Å². The summed E-state index contributed by atoms with van der Waals surface area (Å²) in [6.07, 6.45) is 2.07. The highest BCUT2D eigenvalue weighted by Crippen LogP contribution is 2.29. The zero-order valence-electron chi connectivity index (χ0n) is 16.6. The summed E-state index contributed by atoms with van der Waals surface area (Å²) in [6.45, 7) is 9.62. The van der Waals surface area contributed by atoms with E-state index in [-0.39, 0.29) is 5.96 Å². The van der Waals surface area contributed by atoms with Gasteiger partial charge in [-0.05, 0) is 38.8 Å². The fraction of sp³-hybridized carbons (Fsp3) is 0.500. The molecule has 1 heterocycles. The summed E-state index contributed by atoms with van der Waals surface area (Å²) in [7, 11) is 0. The molecule has 1 aromatic carbocycles. The molecule has 0 fully saturated rings. The molecule has 0 aliphatic carbocycles. The van der Waals surface area contributed by atoms with Gasteiger partial charge in [-0.15, -0.1) is 0 Å². The Hall–Kier alpha value is -2.70. The van der Waals surface area contributed by atoms with Gasteiger partial charge in [0.1, 0.15) is 18.0 Å². The van der Waals surface area contributed by atoms with Crippen LogP contribution in [-0.4, -0.2) is 24.3 Å². The molecule has 0 atom stereocenters. The Bertz CT molecular complexity index is 739. The van der Waals surface area contributed by atoms with Gasteiger partial charge in [-0.3, -0.25) is 0 Å².